The molecule has 1 aromatic heterocycles. The number of anilines is 2. The summed E-state index contributed by atoms with van der Waals surface area (Å²) in [5.41, 5.74) is 4.69. The summed E-state index contributed by atoms with van der Waals surface area (Å²) in [5, 5.41) is 0.480. The Morgan fingerprint density at radius 1 is 1.32 bits per heavy atom. The average molecular weight is 429 g/mol. The van der Waals surface area contributed by atoms with Gasteiger partial charge in [-0.25, -0.2) is 4.79 Å². The lowest BCUT2D eigenvalue weighted by Gasteiger charge is -2.25. The fraction of sp³-hybridized carbons (Fsp3) is 0.389. The Morgan fingerprint density at radius 3 is 2.61 bits per heavy atom. The molecule has 2 aromatic rings. The number of methoxy groups -OCH3 is 1. The van der Waals surface area contributed by atoms with Crippen LogP contribution >= 0.6 is 23.2 Å². The second-order valence-corrected chi connectivity index (χ2v) is 7.41. The Kier molecular flexibility index (Phi) is 7.29. The molecule has 0 unspecified atom stereocenters. The lowest BCUT2D eigenvalue weighted by atomic mass is 10.1. The number of amides is 1. The van der Waals surface area contributed by atoms with Gasteiger partial charge in [0.2, 0.25) is 0 Å². The number of hydrogen-bond donors (Lipinski definition) is 2. The Balaban J connectivity index is 2.66. The summed E-state index contributed by atoms with van der Waals surface area (Å²) < 4.78 is 6.29. The molecule has 2 rings (SSSR count). The minimum Gasteiger partial charge on any atom is -0.383 e. The van der Waals surface area contributed by atoms with Gasteiger partial charge in [-0.2, -0.15) is 0 Å². The topological polar surface area (TPSA) is 110 Å². The van der Waals surface area contributed by atoms with Crippen LogP contribution in [0.4, 0.5) is 11.5 Å². The van der Waals surface area contributed by atoms with Crippen molar-refractivity contribution in [2.45, 2.75) is 20.4 Å². The molecule has 10 heteroatoms. The highest BCUT2D eigenvalue weighted by molar-refractivity contribution is 6.36. The van der Waals surface area contributed by atoms with Crippen LogP contribution in [0.15, 0.2) is 27.8 Å². The van der Waals surface area contributed by atoms with Crippen LogP contribution in [-0.2, 0) is 11.3 Å². The molecule has 1 heterocycles. The monoisotopic (exact) mass is 428 g/mol. The molecule has 8 nitrogen and oxygen atoms in total. The zero-order valence-corrected chi connectivity index (χ0v) is 17.3. The quantitative estimate of drug-likeness (QED) is 0.702. The minimum atomic E-state index is -0.773. The number of aromatic amines is 1. The molecule has 0 aliphatic carbocycles. The maximum atomic E-state index is 13.2. The number of aromatic nitrogens is 2. The first-order valence-corrected chi connectivity index (χ1v) is 9.31. The van der Waals surface area contributed by atoms with Crippen LogP contribution in [0.3, 0.4) is 0 Å². The number of benzene rings is 1. The molecule has 0 saturated heterocycles. The molecular formula is C18H22Cl2N4O4. The number of carbonyl (C=O) groups is 1. The van der Waals surface area contributed by atoms with Crippen molar-refractivity contribution in [1.82, 2.24) is 9.55 Å². The van der Waals surface area contributed by atoms with E-state index in [4.69, 9.17) is 33.7 Å². The molecule has 1 aromatic carbocycles. The number of carbonyl (C=O) groups excluding carboxylic acids is 1. The van der Waals surface area contributed by atoms with Crippen LogP contribution in [0, 0.1) is 5.92 Å². The van der Waals surface area contributed by atoms with Gasteiger partial charge in [0.05, 0.1) is 17.2 Å². The summed E-state index contributed by atoms with van der Waals surface area (Å²) in [7, 11) is 1.46. The molecule has 0 atom stereocenters. The van der Waals surface area contributed by atoms with Crippen LogP contribution < -0.4 is 21.9 Å². The van der Waals surface area contributed by atoms with E-state index in [0.29, 0.717) is 5.02 Å². The molecule has 0 fully saturated rings. The standard InChI is InChI=1S/C18H22Cl2N4O4/c1-10(2)9-24-15(21)14(16(25)22-18(24)27)23(6-7-28-3)17(26)12-8-11(19)4-5-13(12)20/h4-5,8,10H,6-7,9,21H2,1-3H3,(H,22,25,27). The molecule has 1 amide bonds. The van der Waals surface area contributed by atoms with Crippen molar-refractivity contribution in [1.29, 1.82) is 0 Å². The largest absolute Gasteiger partial charge is 0.383 e. The third-order valence-corrected chi connectivity index (χ3v) is 4.52. The first kappa shape index (κ1) is 22.0. The predicted molar refractivity (Wildman–Crippen MR) is 111 cm³/mol. The highest BCUT2D eigenvalue weighted by atomic mass is 35.5. The lowest BCUT2D eigenvalue weighted by molar-refractivity contribution is 0.0975. The first-order chi connectivity index (χ1) is 13.2. The van der Waals surface area contributed by atoms with E-state index >= 15 is 0 Å². The van der Waals surface area contributed by atoms with E-state index in [9.17, 15) is 14.4 Å². The van der Waals surface area contributed by atoms with E-state index in [1.807, 2.05) is 13.8 Å². The van der Waals surface area contributed by atoms with E-state index in [0.717, 1.165) is 4.90 Å². The van der Waals surface area contributed by atoms with Crippen molar-refractivity contribution in [3.8, 4) is 0 Å². The van der Waals surface area contributed by atoms with Crippen molar-refractivity contribution < 1.29 is 9.53 Å². The third kappa shape index (κ3) is 4.76. The van der Waals surface area contributed by atoms with Gasteiger partial charge in [0, 0.05) is 25.2 Å². The van der Waals surface area contributed by atoms with Gasteiger partial charge in [-0.3, -0.25) is 24.0 Å². The minimum absolute atomic E-state index is 0.0192. The van der Waals surface area contributed by atoms with E-state index in [1.54, 1.807) is 6.07 Å². The van der Waals surface area contributed by atoms with Gasteiger partial charge in [0.1, 0.15) is 5.82 Å². The molecule has 0 aliphatic heterocycles. The number of halogens is 2. The molecule has 0 aliphatic rings. The van der Waals surface area contributed by atoms with Crippen LogP contribution in [-0.4, -0.2) is 35.7 Å². The smallest absolute Gasteiger partial charge is 0.330 e. The Morgan fingerprint density at radius 2 is 2.00 bits per heavy atom. The van der Waals surface area contributed by atoms with Gasteiger partial charge in [-0.15, -0.1) is 0 Å². The molecule has 3 N–H and O–H groups in total. The summed E-state index contributed by atoms with van der Waals surface area (Å²) >= 11 is 12.1. The molecule has 28 heavy (non-hydrogen) atoms. The summed E-state index contributed by atoms with van der Waals surface area (Å²) in [4.78, 5) is 41.3. The Bertz CT molecular complexity index is 985. The van der Waals surface area contributed by atoms with Crippen LogP contribution in [0.25, 0.3) is 0 Å². The fourth-order valence-electron chi connectivity index (χ4n) is 2.69. The molecule has 0 radical (unpaired) electrons. The maximum Gasteiger partial charge on any atom is 0.330 e. The first-order valence-electron chi connectivity index (χ1n) is 8.55. The second-order valence-electron chi connectivity index (χ2n) is 6.57. The second kappa shape index (κ2) is 9.27. The molecule has 152 valence electrons. The normalized spacial score (nSPS) is 11.1. The number of hydrogen-bond acceptors (Lipinski definition) is 5. The molecule has 0 spiro atoms. The summed E-state index contributed by atoms with van der Waals surface area (Å²) in [6.07, 6.45) is 0. The zero-order chi connectivity index (χ0) is 21.0. The van der Waals surface area contributed by atoms with Crippen molar-refractivity contribution in [3.05, 3.63) is 54.6 Å². The van der Waals surface area contributed by atoms with Gasteiger partial charge < -0.3 is 10.5 Å². The summed E-state index contributed by atoms with van der Waals surface area (Å²) in [6.45, 7) is 4.22. The number of ether oxygens (including phenoxy) is 1. The summed E-state index contributed by atoms with van der Waals surface area (Å²) in [6, 6.07) is 4.43. The molecule has 0 bridgehead atoms. The lowest BCUT2D eigenvalue weighted by Crippen LogP contribution is -2.43. The van der Waals surface area contributed by atoms with Gasteiger partial charge in [0.15, 0.2) is 5.69 Å². The van der Waals surface area contributed by atoms with Crippen molar-refractivity contribution >= 4 is 40.6 Å². The molecular weight excluding hydrogens is 407 g/mol. The van der Waals surface area contributed by atoms with Gasteiger partial charge in [-0.05, 0) is 24.1 Å². The van der Waals surface area contributed by atoms with E-state index < -0.39 is 17.2 Å². The van der Waals surface area contributed by atoms with Crippen molar-refractivity contribution in [2.24, 2.45) is 5.92 Å². The van der Waals surface area contributed by atoms with E-state index in [-0.39, 0.29) is 47.7 Å². The van der Waals surface area contributed by atoms with Crippen LogP contribution in [0.2, 0.25) is 10.0 Å². The number of nitrogens with one attached hydrogen (secondary N) is 1. The van der Waals surface area contributed by atoms with E-state index in [1.165, 1.54) is 23.8 Å². The van der Waals surface area contributed by atoms with Crippen molar-refractivity contribution in [2.75, 3.05) is 30.9 Å². The summed E-state index contributed by atoms with van der Waals surface area (Å²) in [5.74, 6) is -0.606. The number of nitrogens with two attached hydrogens (primary N) is 1. The molecule has 0 saturated carbocycles. The fourth-order valence-corrected chi connectivity index (χ4v) is 3.06. The van der Waals surface area contributed by atoms with Gasteiger partial charge in [-0.1, -0.05) is 37.0 Å². The predicted octanol–water partition coefficient (Wildman–Crippen LogP) is 2.37. The highest BCUT2D eigenvalue weighted by Crippen LogP contribution is 2.25. The Labute approximate surface area is 171 Å². The van der Waals surface area contributed by atoms with Crippen LogP contribution in [0.1, 0.15) is 24.2 Å². The number of nitrogens with zero attached hydrogens (tertiary/aromatic N) is 2. The average Bonchev–Trinajstić information content (AvgIpc) is 2.62. The number of H-pyrrole nitrogens is 1. The highest BCUT2D eigenvalue weighted by Gasteiger charge is 2.26. The van der Waals surface area contributed by atoms with E-state index in [2.05, 4.69) is 4.98 Å². The third-order valence-electron chi connectivity index (χ3n) is 3.95. The SMILES string of the molecule is COCCN(C(=O)c1cc(Cl)ccc1Cl)c1c(N)n(CC(C)C)c(=O)[nH]c1=O. The Hall–Kier alpha value is -2.29. The number of rotatable bonds is 7. The maximum absolute atomic E-state index is 13.2. The van der Waals surface area contributed by atoms with Gasteiger partial charge >= 0.3 is 5.69 Å². The number of nitrogen functional groups attached to an aromatic ring is 1. The van der Waals surface area contributed by atoms with Crippen LogP contribution in [0.5, 0.6) is 0 Å². The van der Waals surface area contributed by atoms with Gasteiger partial charge in [0.25, 0.3) is 11.5 Å². The zero-order valence-electron chi connectivity index (χ0n) is 15.8. The van der Waals surface area contributed by atoms with Crippen molar-refractivity contribution in [3.63, 3.8) is 0 Å².